The summed E-state index contributed by atoms with van der Waals surface area (Å²) in [5, 5.41) is 10.1. The van der Waals surface area contributed by atoms with Crippen LogP contribution < -0.4 is 0 Å². The maximum Gasteiger partial charge on any atom is 0.185 e. The minimum Gasteiger partial charge on any atom is -0.461 e. The van der Waals surface area contributed by atoms with Crippen LogP contribution in [0.4, 0.5) is 0 Å². The van der Waals surface area contributed by atoms with Crippen LogP contribution in [-0.2, 0) is 0 Å². The van der Waals surface area contributed by atoms with Gasteiger partial charge in [0.2, 0.25) is 0 Å². The average molecular weight is 248 g/mol. The highest BCUT2D eigenvalue weighted by molar-refractivity contribution is 5.91. The Hall–Kier alpha value is -2.93. The van der Waals surface area contributed by atoms with Gasteiger partial charge in [0.15, 0.2) is 12.0 Å². The van der Waals surface area contributed by atoms with E-state index < -0.39 is 0 Å². The van der Waals surface area contributed by atoms with Gasteiger partial charge >= 0.3 is 0 Å². The smallest absolute Gasteiger partial charge is 0.185 e. The van der Waals surface area contributed by atoms with E-state index in [0.717, 1.165) is 10.9 Å². The molecule has 90 valence electrons. The number of hydrogen-bond donors (Lipinski definition) is 0. The van der Waals surface area contributed by atoms with Crippen LogP contribution in [0.1, 0.15) is 16.2 Å². The Morgan fingerprint density at radius 3 is 2.84 bits per heavy atom. The fourth-order valence-electron chi connectivity index (χ4n) is 2.04. The monoisotopic (exact) mass is 248 g/mol. The lowest BCUT2D eigenvalue weighted by Gasteiger charge is -2.04. The van der Waals surface area contributed by atoms with Crippen LogP contribution in [0.3, 0.4) is 0 Å². The van der Waals surface area contributed by atoms with E-state index in [0.29, 0.717) is 17.4 Å². The fourth-order valence-corrected chi connectivity index (χ4v) is 2.04. The molecule has 2 aromatic heterocycles. The van der Waals surface area contributed by atoms with Gasteiger partial charge in [-0.05, 0) is 18.2 Å². The SMILES string of the molecule is N#Cc1nc2ccccc2cc1-c1ccoc1C=O. The summed E-state index contributed by atoms with van der Waals surface area (Å²) in [6.07, 6.45) is 2.06. The summed E-state index contributed by atoms with van der Waals surface area (Å²) in [4.78, 5) is 15.2. The van der Waals surface area contributed by atoms with E-state index in [4.69, 9.17) is 4.42 Å². The molecule has 0 aliphatic rings. The number of nitrogens with zero attached hydrogens (tertiary/aromatic N) is 2. The van der Waals surface area contributed by atoms with Crippen molar-refractivity contribution < 1.29 is 9.21 Å². The third kappa shape index (κ3) is 1.78. The number of aldehydes is 1. The molecule has 3 rings (SSSR count). The molecular formula is C15H8N2O2. The van der Waals surface area contributed by atoms with Crippen molar-refractivity contribution in [2.24, 2.45) is 0 Å². The van der Waals surface area contributed by atoms with Gasteiger partial charge in [0.25, 0.3) is 0 Å². The average Bonchev–Trinajstić information content (AvgIpc) is 2.94. The molecule has 3 aromatic rings. The van der Waals surface area contributed by atoms with Gasteiger partial charge in [0, 0.05) is 16.5 Å². The second-order valence-corrected chi connectivity index (χ2v) is 4.01. The molecule has 0 atom stereocenters. The van der Waals surface area contributed by atoms with Crippen molar-refractivity contribution in [3.05, 3.63) is 54.1 Å². The topological polar surface area (TPSA) is 66.9 Å². The molecule has 0 N–H and O–H groups in total. The predicted molar refractivity (Wildman–Crippen MR) is 69.5 cm³/mol. The van der Waals surface area contributed by atoms with Gasteiger partial charge in [-0.2, -0.15) is 5.26 Å². The highest BCUT2D eigenvalue weighted by Crippen LogP contribution is 2.29. The van der Waals surface area contributed by atoms with Gasteiger partial charge in [-0.1, -0.05) is 18.2 Å². The number of carbonyl (C=O) groups is 1. The van der Waals surface area contributed by atoms with Crippen molar-refractivity contribution in [3.63, 3.8) is 0 Å². The number of carbonyl (C=O) groups excluding carboxylic acids is 1. The van der Waals surface area contributed by atoms with Crippen molar-refractivity contribution in [1.29, 1.82) is 5.26 Å². The molecule has 2 heterocycles. The van der Waals surface area contributed by atoms with Crippen molar-refractivity contribution in [1.82, 2.24) is 4.98 Å². The molecule has 0 spiro atoms. The molecular weight excluding hydrogens is 240 g/mol. The van der Waals surface area contributed by atoms with E-state index in [1.54, 1.807) is 6.07 Å². The Labute approximate surface area is 108 Å². The highest BCUT2D eigenvalue weighted by atomic mass is 16.3. The summed E-state index contributed by atoms with van der Waals surface area (Å²) in [6, 6.07) is 13.1. The van der Waals surface area contributed by atoms with Gasteiger partial charge in [-0.25, -0.2) is 4.98 Å². The van der Waals surface area contributed by atoms with Crippen LogP contribution in [-0.4, -0.2) is 11.3 Å². The van der Waals surface area contributed by atoms with Gasteiger partial charge in [-0.15, -0.1) is 0 Å². The minimum absolute atomic E-state index is 0.202. The van der Waals surface area contributed by atoms with Crippen LogP contribution in [0.5, 0.6) is 0 Å². The second kappa shape index (κ2) is 4.39. The summed E-state index contributed by atoms with van der Waals surface area (Å²) in [5.74, 6) is 0.202. The summed E-state index contributed by atoms with van der Waals surface area (Å²) in [5.41, 5.74) is 2.23. The van der Waals surface area contributed by atoms with Crippen molar-refractivity contribution >= 4 is 17.2 Å². The van der Waals surface area contributed by atoms with Crippen LogP contribution in [0.25, 0.3) is 22.0 Å². The van der Waals surface area contributed by atoms with Gasteiger partial charge < -0.3 is 4.42 Å². The van der Waals surface area contributed by atoms with E-state index >= 15 is 0 Å². The van der Waals surface area contributed by atoms with Crippen molar-refractivity contribution in [3.8, 4) is 17.2 Å². The maximum atomic E-state index is 10.9. The standard InChI is InChI=1S/C15H8N2O2/c16-8-14-12(11-5-6-19-15(11)9-18)7-10-3-1-2-4-13(10)17-14/h1-7,9H. The Kier molecular flexibility index (Phi) is 2.58. The zero-order valence-corrected chi connectivity index (χ0v) is 9.83. The van der Waals surface area contributed by atoms with Crippen molar-refractivity contribution in [2.75, 3.05) is 0 Å². The second-order valence-electron chi connectivity index (χ2n) is 4.01. The third-order valence-corrected chi connectivity index (χ3v) is 2.92. The minimum atomic E-state index is 0.202. The first-order chi connectivity index (χ1) is 9.33. The van der Waals surface area contributed by atoms with Gasteiger partial charge in [0.05, 0.1) is 11.8 Å². The largest absolute Gasteiger partial charge is 0.461 e. The Morgan fingerprint density at radius 1 is 1.21 bits per heavy atom. The van der Waals surface area contributed by atoms with E-state index in [1.807, 2.05) is 30.3 Å². The molecule has 4 heteroatoms. The first-order valence-corrected chi connectivity index (χ1v) is 5.66. The van der Waals surface area contributed by atoms with Crippen LogP contribution in [0, 0.1) is 11.3 Å². The van der Waals surface area contributed by atoms with E-state index in [9.17, 15) is 10.1 Å². The Morgan fingerprint density at radius 2 is 2.05 bits per heavy atom. The number of benzene rings is 1. The van der Waals surface area contributed by atoms with Crippen molar-refractivity contribution in [2.45, 2.75) is 0 Å². The zero-order chi connectivity index (χ0) is 13.2. The lowest BCUT2D eigenvalue weighted by atomic mass is 10.0. The number of hydrogen-bond acceptors (Lipinski definition) is 4. The van der Waals surface area contributed by atoms with E-state index in [1.165, 1.54) is 6.26 Å². The normalized spacial score (nSPS) is 10.3. The van der Waals surface area contributed by atoms with E-state index in [-0.39, 0.29) is 11.5 Å². The first kappa shape index (κ1) is 11.2. The van der Waals surface area contributed by atoms with E-state index in [2.05, 4.69) is 11.1 Å². The quantitative estimate of drug-likeness (QED) is 0.653. The summed E-state index contributed by atoms with van der Waals surface area (Å²) < 4.78 is 5.07. The summed E-state index contributed by atoms with van der Waals surface area (Å²) in [6.45, 7) is 0. The predicted octanol–water partition coefficient (Wildman–Crippen LogP) is 3.18. The molecule has 0 radical (unpaired) electrons. The summed E-state index contributed by atoms with van der Waals surface area (Å²) in [7, 11) is 0. The van der Waals surface area contributed by atoms with Crippen LogP contribution >= 0.6 is 0 Å². The number of rotatable bonds is 2. The number of furan rings is 1. The number of fused-ring (bicyclic) bond motifs is 1. The molecule has 0 saturated carbocycles. The van der Waals surface area contributed by atoms with Gasteiger partial charge in [0.1, 0.15) is 11.8 Å². The lowest BCUT2D eigenvalue weighted by molar-refractivity contribution is 0.110. The van der Waals surface area contributed by atoms with Crippen LogP contribution in [0.15, 0.2) is 47.1 Å². The van der Waals surface area contributed by atoms with Gasteiger partial charge in [-0.3, -0.25) is 4.79 Å². The molecule has 4 nitrogen and oxygen atoms in total. The fraction of sp³-hybridized carbons (Fsp3) is 0. The maximum absolute atomic E-state index is 10.9. The molecule has 0 fully saturated rings. The highest BCUT2D eigenvalue weighted by Gasteiger charge is 2.14. The molecule has 0 aliphatic carbocycles. The molecule has 19 heavy (non-hydrogen) atoms. The number of nitriles is 1. The Balaban J connectivity index is 2.34. The summed E-state index contributed by atoms with van der Waals surface area (Å²) >= 11 is 0. The zero-order valence-electron chi connectivity index (χ0n) is 9.83. The molecule has 0 unspecified atom stereocenters. The number of para-hydroxylation sites is 1. The molecule has 0 amide bonds. The molecule has 0 saturated heterocycles. The lowest BCUT2D eigenvalue weighted by Crippen LogP contribution is -1.92. The number of aromatic nitrogens is 1. The Bertz CT molecular complexity index is 812. The first-order valence-electron chi connectivity index (χ1n) is 5.66. The molecule has 0 bridgehead atoms. The van der Waals surface area contributed by atoms with Crippen LogP contribution in [0.2, 0.25) is 0 Å². The third-order valence-electron chi connectivity index (χ3n) is 2.92. The molecule has 1 aromatic carbocycles. The molecule has 0 aliphatic heterocycles. The number of pyridine rings is 1.